The molecule has 0 bridgehead atoms. The van der Waals surface area contributed by atoms with Crippen molar-refractivity contribution >= 4 is 57.3 Å². The van der Waals surface area contributed by atoms with Crippen LogP contribution in [-0.4, -0.2) is 66.3 Å². The van der Waals surface area contributed by atoms with Gasteiger partial charge in [-0.15, -0.1) is 0 Å². The van der Waals surface area contributed by atoms with Crippen LogP contribution in [0.15, 0.2) is 12.4 Å². The topological polar surface area (TPSA) is 71.8 Å². The maximum atomic E-state index is 9.77. The van der Waals surface area contributed by atoms with Crippen LogP contribution in [0, 0.1) is 10.1 Å². The molecule has 0 aliphatic carbocycles. The molecule has 0 atom stereocenters. The van der Waals surface area contributed by atoms with E-state index in [0.717, 1.165) is 0 Å². The van der Waals surface area contributed by atoms with Gasteiger partial charge in [-0.1, -0.05) is 4.98 Å². The molecule has 1 rings (SSSR count). The number of hydrogen-bond acceptors (Lipinski definition) is 3. The molecule has 0 aliphatic rings. The van der Waals surface area contributed by atoms with E-state index in [2.05, 4.69) is 9.97 Å². The Morgan fingerprint density at radius 3 is 2.67 bits per heavy atom. The van der Waals surface area contributed by atoms with Crippen molar-refractivity contribution in [2.75, 3.05) is 0 Å². The first-order chi connectivity index (χ1) is 3.80. The molecule has 44 valence electrons. The number of aromatic nitrogens is 2. The summed E-state index contributed by atoms with van der Waals surface area (Å²) >= 11 is 0. The summed E-state index contributed by atoms with van der Waals surface area (Å²) in [6.45, 7) is 0. The Kier molecular flexibility index (Phi) is 4.24. The van der Waals surface area contributed by atoms with E-state index in [-0.39, 0.29) is 57.3 Å². The molecule has 0 aromatic carbocycles. The zero-order valence-electron chi connectivity index (χ0n) is 3.87. The zero-order chi connectivity index (χ0) is 5.98. The fraction of sp³-hybridized carbons (Fsp3) is 0. The number of H-pyrrole nitrogens is 1. The van der Waals surface area contributed by atoms with Crippen molar-refractivity contribution in [1.29, 1.82) is 0 Å². The molecule has 6 heteroatoms. The third-order valence-electron chi connectivity index (χ3n) is 0.657. The minimum absolute atomic E-state index is 0. The van der Waals surface area contributed by atoms with E-state index in [1.807, 2.05) is 0 Å². The maximum absolute atomic E-state index is 9.77. The molecular formula is C3H4KN3O2. The van der Waals surface area contributed by atoms with Crippen molar-refractivity contribution in [3.63, 3.8) is 0 Å². The minimum atomic E-state index is -0.583. The standard InChI is InChI=1S/C3H3N3O2.K.H/c7-6(8)3-4-1-2-5-3;;/h1-2H,(H,4,5);;. The second-order valence-corrected chi connectivity index (χ2v) is 1.17. The number of rotatable bonds is 1. The van der Waals surface area contributed by atoms with Gasteiger partial charge in [0.15, 0.2) is 0 Å². The van der Waals surface area contributed by atoms with Gasteiger partial charge in [0.25, 0.3) is 0 Å². The molecule has 1 N–H and O–H groups in total. The van der Waals surface area contributed by atoms with Crippen LogP contribution >= 0.6 is 0 Å². The van der Waals surface area contributed by atoms with Gasteiger partial charge in [0.05, 0.1) is 6.20 Å². The van der Waals surface area contributed by atoms with Crippen LogP contribution < -0.4 is 0 Å². The second-order valence-electron chi connectivity index (χ2n) is 1.17. The zero-order valence-corrected chi connectivity index (χ0v) is 3.87. The Hall–Kier alpha value is 0.246. The molecule has 0 saturated carbocycles. The van der Waals surface area contributed by atoms with Crippen molar-refractivity contribution in [3.05, 3.63) is 22.5 Å². The van der Waals surface area contributed by atoms with E-state index in [9.17, 15) is 10.1 Å². The summed E-state index contributed by atoms with van der Waals surface area (Å²) in [5, 5.41) is 9.77. The molecule has 5 nitrogen and oxygen atoms in total. The molecule has 0 radical (unpaired) electrons. The predicted molar refractivity (Wildman–Crippen MR) is 32.4 cm³/mol. The SMILES string of the molecule is O=[N+]([O-])c1ncc[nH]1.[KH]. The molecule has 1 heterocycles. The Morgan fingerprint density at radius 2 is 2.44 bits per heavy atom. The summed E-state index contributed by atoms with van der Waals surface area (Å²) in [5.41, 5.74) is 0. The van der Waals surface area contributed by atoms with E-state index < -0.39 is 4.92 Å². The quantitative estimate of drug-likeness (QED) is 0.341. The number of nitrogens with zero attached hydrogens (tertiary/aromatic N) is 2. The van der Waals surface area contributed by atoms with Crippen LogP contribution in [0.3, 0.4) is 0 Å². The third kappa shape index (κ3) is 2.54. The average molecular weight is 153 g/mol. The van der Waals surface area contributed by atoms with Gasteiger partial charge in [-0.2, -0.15) is 0 Å². The molecule has 0 amide bonds. The molecule has 0 aliphatic heterocycles. The van der Waals surface area contributed by atoms with Gasteiger partial charge < -0.3 is 10.1 Å². The van der Waals surface area contributed by atoms with Gasteiger partial charge in [-0.25, -0.2) is 4.98 Å². The Morgan fingerprint density at radius 1 is 1.78 bits per heavy atom. The second kappa shape index (κ2) is 4.12. The van der Waals surface area contributed by atoms with Crippen molar-refractivity contribution < 1.29 is 4.92 Å². The first-order valence-corrected chi connectivity index (χ1v) is 1.94. The summed E-state index contributed by atoms with van der Waals surface area (Å²) < 4.78 is 0. The Bertz CT molecular complexity index is 185. The van der Waals surface area contributed by atoms with Crippen molar-refractivity contribution in [2.24, 2.45) is 0 Å². The molecule has 1 aromatic rings. The third-order valence-corrected chi connectivity index (χ3v) is 0.657. The molecule has 0 saturated heterocycles. The fourth-order valence-corrected chi connectivity index (χ4v) is 0.357. The van der Waals surface area contributed by atoms with Crippen LogP contribution in [0.2, 0.25) is 0 Å². The van der Waals surface area contributed by atoms with Crippen LogP contribution in [-0.2, 0) is 0 Å². The van der Waals surface area contributed by atoms with Crippen molar-refractivity contribution in [3.8, 4) is 0 Å². The molecular weight excluding hydrogens is 149 g/mol. The van der Waals surface area contributed by atoms with E-state index in [1.54, 1.807) is 0 Å². The summed E-state index contributed by atoms with van der Waals surface area (Å²) in [6, 6.07) is 0. The van der Waals surface area contributed by atoms with Crippen molar-refractivity contribution in [2.45, 2.75) is 0 Å². The fourth-order valence-electron chi connectivity index (χ4n) is 0.357. The van der Waals surface area contributed by atoms with Gasteiger partial charge >= 0.3 is 57.3 Å². The molecule has 0 fully saturated rings. The van der Waals surface area contributed by atoms with Gasteiger partial charge in [-0.05, 0) is 4.92 Å². The number of aromatic amines is 1. The molecule has 0 spiro atoms. The first-order valence-electron chi connectivity index (χ1n) is 1.94. The normalized spacial score (nSPS) is 8.00. The number of nitro groups is 1. The monoisotopic (exact) mass is 153 g/mol. The van der Waals surface area contributed by atoms with E-state index in [1.165, 1.54) is 12.4 Å². The first kappa shape index (κ1) is 9.25. The van der Waals surface area contributed by atoms with Crippen LogP contribution in [0.1, 0.15) is 0 Å². The molecule has 0 unspecified atom stereocenters. The van der Waals surface area contributed by atoms with E-state index in [4.69, 9.17) is 0 Å². The van der Waals surface area contributed by atoms with Crippen molar-refractivity contribution in [1.82, 2.24) is 9.97 Å². The number of hydrogen-bond donors (Lipinski definition) is 1. The van der Waals surface area contributed by atoms with Gasteiger partial charge in [0.2, 0.25) is 0 Å². The van der Waals surface area contributed by atoms with Crippen LogP contribution in [0.5, 0.6) is 0 Å². The number of imidazole rings is 1. The number of nitrogens with one attached hydrogen (secondary N) is 1. The average Bonchev–Trinajstić information content (AvgIpc) is 2.12. The molecule has 9 heavy (non-hydrogen) atoms. The summed E-state index contributed by atoms with van der Waals surface area (Å²) in [4.78, 5) is 14.9. The van der Waals surface area contributed by atoms with Gasteiger partial charge in [0, 0.05) is 0 Å². The summed E-state index contributed by atoms with van der Waals surface area (Å²) in [5.74, 6) is -0.218. The van der Waals surface area contributed by atoms with Gasteiger partial charge in [0.1, 0.15) is 6.20 Å². The Balaban J connectivity index is 0.000000640. The van der Waals surface area contributed by atoms with Crippen LogP contribution in [0.4, 0.5) is 5.95 Å². The van der Waals surface area contributed by atoms with Crippen LogP contribution in [0.25, 0.3) is 0 Å². The summed E-state index contributed by atoms with van der Waals surface area (Å²) in [6.07, 6.45) is 2.73. The van der Waals surface area contributed by atoms with Gasteiger partial charge in [-0.3, -0.25) is 0 Å². The predicted octanol–water partition coefficient (Wildman–Crippen LogP) is -0.331. The molecule has 1 aromatic heterocycles. The van der Waals surface area contributed by atoms with E-state index in [0.29, 0.717) is 0 Å². The Labute approximate surface area is 93.4 Å². The summed E-state index contributed by atoms with van der Waals surface area (Å²) in [7, 11) is 0. The van der Waals surface area contributed by atoms with E-state index >= 15 is 0 Å².